The van der Waals surface area contributed by atoms with Crippen LogP contribution >= 0.6 is 0 Å². The van der Waals surface area contributed by atoms with Crippen LogP contribution in [0, 0.1) is 5.92 Å². The van der Waals surface area contributed by atoms with Crippen LogP contribution in [-0.4, -0.2) is 24.5 Å². The first-order chi connectivity index (χ1) is 11.1. The Kier molecular flexibility index (Phi) is 4.60. The van der Waals surface area contributed by atoms with E-state index in [-0.39, 0.29) is 30.9 Å². The van der Waals surface area contributed by atoms with Gasteiger partial charge in [0.05, 0.1) is 6.42 Å². The Morgan fingerprint density at radius 3 is 2.70 bits per heavy atom. The largest absolute Gasteiger partial charge is 0.455 e. The summed E-state index contributed by atoms with van der Waals surface area (Å²) in [5, 5.41) is 5.01. The summed E-state index contributed by atoms with van der Waals surface area (Å²) in [4.78, 5) is 23.8. The van der Waals surface area contributed by atoms with Crippen LogP contribution in [0.15, 0.2) is 42.5 Å². The molecule has 0 aromatic heterocycles. The number of carbonyl (C=O) groups is 2. The molecule has 0 aliphatic heterocycles. The van der Waals surface area contributed by atoms with Crippen LogP contribution in [0.25, 0.3) is 10.8 Å². The lowest BCUT2D eigenvalue weighted by atomic mass is 10.0. The number of amides is 1. The van der Waals surface area contributed by atoms with Gasteiger partial charge in [-0.05, 0) is 42.0 Å². The molecule has 1 saturated carbocycles. The number of carbonyl (C=O) groups excluding carboxylic acids is 2. The monoisotopic (exact) mass is 311 g/mol. The number of esters is 1. The summed E-state index contributed by atoms with van der Waals surface area (Å²) >= 11 is 0. The molecule has 120 valence electrons. The van der Waals surface area contributed by atoms with Gasteiger partial charge >= 0.3 is 5.97 Å². The SMILES string of the molecule is C[C@H](NC(=O)COC(=O)Cc1cccc2ccccc12)C1CC1. The molecule has 3 rings (SSSR count). The maximum absolute atomic E-state index is 12.0. The van der Waals surface area contributed by atoms with Crippen molar-refractivity contribution in [2.75, 3.05) is 6.61 Å². The number of rotatable bonds is 6. The second-order valence-corrected chi connectivity index (χ2v) is 6.17. The van der Waals surface area contributed by atoms with Gasteiger partial charge in [0, 0.05) is 6.04 Å². The van der Waals surface area contributed by atoms with Gasteiger partial charge in [0.1, 0.15) is 0 Å². The third-order valence-corrected chi connectivity index (χ3v) is 4.30. The second-order valence-electron chi connectivity index (χ2n) is 6.17. The summed E-state index contributed by atoms with van der Waals surface area (Å²) in [6.07, 6.45) is 2.51. The van der Waals surface area contributed by atoms with Gasteiger partial charge in [0.2, 0.25) is 0 Å². The van der Waals surface area contributed by atoms with Crippen LogP contribution in [0.5, 0.6) is 0 Å². The van der Waals surface area contributed by atoms with E-state index in [0.717, 1.165) is 16.3 Å². The predicted molar refractivity (Wildman–Crippen MR) is 88.9 cm³/mol. The Hall–Kier alpha value is -2.36. The van der Waals surface area contributed by atoms with Crippen LogP contribution < -0.4 is 5.32 Å². The Labute approximate surface area is 135 Å². The minimum Gasteiger partial charge on any atom is -0.455 e. The van der Waals surface area contributed by atoms with Crippen LogP contribution in [0.4, 0.5) is 0 Å². The average molecular weight is 311 g/mol. The normalized spacial score (nSPS) is 15.2. The van der Waals surface area contributed by atoms with Gasteiger partial charge in [0.25, 0.3) is 5.91 Å². The first-order valence-electron chi connectivity index (χ1n) is 8.05. The van der Waals surface area contributed by atoms with Gasteiger partial charge in [0.15, 0.2) is 6.61 Å². The van der Waals surface area contributed by atoms with E-state index in [0.29, 0.717) is 5.92 Å². The summed E-state index contributed by atoms with van der Waals surface area (Å²) in [7, 11) is 0. The highest BCUT2D eigenvalue weighted by Gasteiger charge is 2.28. The molecule has 1 aliphatic rings. The molecular weight excluding hydrogens is 290 g/mol. The van der Waals surface area contributed by atoms with Crippen molar-refractivity contribution in [3.8, 4) is 0 Å². The van der Waals surface area contributed by atoms with Crippen molar-refractivity contribution in [1.29, 1.82) is 0 Å². The third kappa shape index (κ3) is 4.09. The lowest BCUT2D eigenvalue weighted by Gasteiger charge is -2.13. The summed E-state index contributed by atoms with van der Waals surface area (Å²) in [5.41, 5.74) is 0.917. The molecule has 0 heterocycles. The fraction of sp³-hybridized carbons (Fsp3) is 0.368. The van der Waals surface area contributed by atoms with Gasteiger partial charge in [-0.15, -0.1) is 0 Å². The second kappa shape index (κ2) is 6.82. The standard InChI is InChI=1S/C19H21NO3/c1-13(14-9-10-14)20-18(21)12-23-19(22)11-16-7-4-6-15-5-2-3-8-17(15)16/h2-8,13-14H,9-12H2,1H3,(H,20,21)/t13-/m0/s1. The molecule has 2 aromatic rings. The molecular formula is C19H21NO3. The number of benzene rings is 2. The zero-order valence-electron chi connectivity index (χ0n) is 13.2. The van der Waals surface area contributed by atoms with E-state index in [1.165, 1.54) is 12.8 Å². The zero-order chi connectivity index (χ0) is 16.2. The van der Waals surface area contributed by atoms with Crippen LogP contribution in [0.1, 0.15) is 25.3 Å². The molecule has 4 heteroatoms. The van der Waals surface area contributed by atoms with E-state index in [1.54, 1.807) is 0 Å². The summed E-state index contributed by atoms with van der Waals surface area (Å²) in [6, 6.07) is 13.9. The van der Waals surface area contributed by atoms with Crippen molar-refractivity contribution >= 4 is 22.6 Å². The molecule has 0 radical (unpaired) electrons. The molecule has 23 heavy (non-hydrogen) atoms. The molecule has 4 nitrogen and oxygen atoms in total. The lowest BCUT2D eigenvalue weighted by Crippen LogP contribution is -2.37. The quantitative estimate of drug-likeness (QED) is 0.835. The minimum absolute atomic E-state index is 0.166. The van der Waals surface area contributed by atoms with Crippen LogP contribution in [-0.2, 0) is 20.7 Å². The number of hydrogen-bond donors (Lipinski definition) is 1. The van der Waals surface area contributed by atoms with Crippen molar-refractivity contribution in [3.05, 3.63) is 48.0 Å². The molecule has 1 fully saturated rings. The van der Waals surface area contributed by atoms with Crippen molar-refractivity contribution in [1.82, 2.24) is 5.32 Å². The number of hydrogen-bond acceptors (Lipinski definition) is 3. The van der Waals surface area contributed by atoms with E-state index in [1.807, 2.05) is 49.4 Å². The fourth-order valence-corrected chi connectivity index (χ4v) is 2.81. The highest BCUT2D eigenvalue weighted by molar-refractivity contribution is 5.89. The van der Waals surface area contributed by atoms with Crippen molar-refractivity contribution < 1.29 is 14.3 Å². The minimum atomic E-state index is -0.379. The van der Waals surface area contributed by atoms with E-state index >= 15 is 0 Å². The first-order valence-corrected chi connectivity index (χ1v) is 8.05. The third-order valence-electron chi connectivity index (χ3n) is 4.30. The van der Waals surface area contributed by atoms with Gasteiger partial charge in [-0.25, -0.2) is 0 Å². The number of ether oxygens (including phenoxy) is 1. The number of fused-ring (bicyclic) bond motifs is 1. The van der Waals surface area contributed by atoms with Crippen LogP contribution in [0.2, 0.25) is 0 Å². The van der Waals surface area contributed by atoms with Gasteiger partial charge in [-0.2, -0.15) is 0 Å². The zero-order valence-corrected chi connectivity index (χ0v) is 13.2. The van der Waals surface area contributed by atoms with Crippen molar-refractivity contribution in [3.63, 3.8) is 0 Å². The van der Waals surface area contributed by atoms with Crippen LogP contribution in [0.3, 0.4) is 0 Å². The highest BCUT2D eigenvalue weighted by atomic mass is 16.5. The fourth-order valence-electron chi connectivity index (χ4n) is 2.81. The number of nitrogens with one attached hydrogen (secondary N) is 1. The smallest absolute Gasteiger partial charge is 0.310 e. The molecule has 2 aromatic carbocycles. The molecule has 1 atom stereocenters. The summed E-state index contributed by atoms with van der Waals surface area (Å²) in [5.74, 6) is -0.0171. The maximum Gasteiger partial charge on any atom is 0.310 e. The first kappa shape index (κ1) is 15.5. The topological polar surface area (TPSA) is 55.4 Å². The summed E-state index contributed by atoms with van der Waals surface area (Å²) < 4.78 is 5.11. The van der Waals surface area contributed by atoms with E-state index in [9.17, 15) is 9.59 Å². The molecule has 0 bridgehead atoms. The van der Waals surface area contributed by atoms with Gasteiger partial charge in [-0.1, -0.05) is 42.5 Å². The molecule has 1 aliphatic carbocycles. The molecule has 0 spiro atoms. The van der Waals surface area contributed by atoms with Crippen molar-refractivity contribution in [2.24, 2.45) is 5.92 Å². The molecule has 1 amide bonds. The summed E-state index contributed by atoms with van der Waals surface area (Å²) in [6.45, 7) is 1.79. The Morgan fingerprint density at radius 2 is 1.91 bits per heavy atom. The maximum atomic E-state index is 12.0. The highest BCUT2D eigenvalue weighted by Crippen LogP contribution is 2.32. The lowest BCUT2D eigenvalue weighted by molar-refractivity contribution is -0.148. The van der Waals surface area contributed by atoms with Crippen molar-refractivity contribution in [2.45, 2.75) is 32.2 Å². The van der Waals surface area contributed by atoms with E-state index in [2.05, 4.69) is 5.32 Å². The molecule has 1 N–H and O–H groups in total. The van der Waals surface area contributed by atoms with E-state index in [4.69, 9.17) is 4.74 Å². The van der Waals surface area contributed by atoms with Gasteiger partial charge < -0.3 is 10.1 Å². The van der Waals surface area contributed by atoms with E-state index < -0.39 is 0 Å². The Bertz CT molecular complexity index is 716. The Morgan fingerprint density at radius 1 is 1.17 bits per heavy atom. The Balaban J connectivity index is 1.53. The average Bonchev–Trinajstić information content (AvgIpc) is 3.38. The van der Waals surface area contributed by atoms with Gasteiger partial charge in [-0.3, -0.25) is 9.59 Å². The predicted octanol–water partition coefficient (Wildman–Crippen LogP) is 2.84. The molecule has 0 unspecified atom stereocenters. The molecule has 0 saturated heterocycles.